The van der Waals surface area contributed by atoms with Gasteiger partial charge in [-0.25, -0.2) is 0 Å². The number of aliphatic hydroxyl groups is 1. The summed E-state index contributed by atoms with van der Waals surface area (Å²) < 4.78 is 11.4. The van der Waals surface area contributed by atoms with Crippen molar-refractivity contribution < 1.29 is 14.6 Å². The van der Waals surface area contributed by atoms with Crippen LogP contribution in [0.25, 0.3) is 0 Å². The van der Waals surface area contributed by atoms with E-state index in [0.29, 0.717) is 6.04 Å². The van der Waals surface area contributed by atoms with Crippen LogP contribution in [0.2, 0.25) is 0 Å². The van der Waals surface area contributed by atoms with Crippen LogP contribution < -0.4 is 5.32 Å². The smallest absolute Gasteiger partial charge is 0.0951 e. The first-order valence-corrected chi connectivity index (χ1v) is 7.87. The van der Waals surface area contributed by atoms with Crippen LogP contribution in [0.4, 0.5) is 0 Å². The van der Waals surface area contributed by atoms with E-state index < -0.39 is 5.60 Å². The van der Waals surface area contributed by atoms with Gasteiger partial charge in [0.25, 0.3) is 0 Å². The van der Waals surface area contributed by atoms with E-state index in [1.165, 1.54) is 19.3 Å². The van der Waals surface area contributed by atoms with Gasteiger partial charge in [-0.1, -0.05) is 19.3 Å². The van der Waals surface area contributed by atoms with Crippen molar-refractivity contribution in [3.8, 4) is 0 Å². The lowest BCUT2D eigenvalue weighted by molar-refractivity contribution is -0.0924. The molecule has 0 bridgehead atoms. The van der Waals surface area contributed by atoms with Crippen molar-refractivity contribution in [3.05, 3.63) is 0 Å². The molecule has 1 aliphatic carbocycles. The van der Waals surface area contributed by atoms with Gasteiger partial charge in [-0.2, -0.15) is 0 Å². The molecule has 2 N–H and O–H groups in total. The summed E-state index contributed by atoms with van der Waals surface area (Å²) in [6.45, 7) is 3.14. The average Bonchev–Trinajstić information content (AvgIpc) is 2.86. The SMILES string of the molecule is OC1(CNC2CCOC3(CCOC3)C2)CCCCC1. The molecule has 3 fully saturated rings. The predicted octanol–water partition coefficient (Wildman–Crippen LogP) is 1.61. The standard InChI is InChI=1S/C15H27NO3/c17-14(5-2-1-3-6-14)11-16-13-4-8-19-15(10-13)7-9-18-12-15/h13,16-17H,1-12H2. The Bertz CT molecular complexity index is 296. The summed E-state index contributed by atoms with van der Waals surface area (Å²) in [4.78, 5) is 0. The van der Waals surface area contributed by atoms with Crippen LogP contribution in [-0.2, 0) is 9.47 Å². The zero-order valence-corrected chi connectivity index (χ0v) is 11.8. The van der Waals surface area contributed by atoms with Crippen molar-refractivity contribution >= 4 is 0 Å². The second-order valence-electron chi connectivity index (χ2n) is 6.69. The molecule has 2 aliphatic heterocycles. The molecule has 1 saturated carbocycles. The minimum absolute atomic E-state index is 0.0366. The summed E-state index contributed by atoms with van der Waals surface area (Å²) in [5.74, 6) is 0. The van der Waals surface area contributed by atoms with E-state index in [9.17, 15) is 5.11 Å². The van der Waals surface area contributed by atoms with Crippen molar-refractivity contribution in [1.29, 1.82) is 0 Å². The highest BCUT2D eigenvalue weighted by Gasteiger charge is 2.41. The number of nitrogens with one attached hydrogen (secondary N) is 1. The number of ether oxygens (including phenoxy) is 2. The zero-order valence-electron chi connectivity index (χ0n) is 11.8. The molecule has 0 amide bonds. The molecule has 4 heteroatoms. The lowest BCUT2D eigenvalue weighted by Gasteiger charge is -2.39. The second kappa shape index (κ2) is 5.68. The summed E-state index contributed by atoms with van der Waals surface area (Å²) in [5.41, 5.74) is -0.499. The van der Waals surface area contributed by atoms with E-state index in [1.807, 2.05) is 0 Å². The molecule has 2 unspecified atom stereocenters. The van der Waals surface area contributed by atoms with Crippen LogP contribution >= 0.6 is 0 Å². The molecule has 0 aromatic heterocycles. The Morgan fingerprint density at radius 2 is 1.95 bits per heavy atom. The van der Waals surface area contributed by atoms with Crippen LogP contribution in [-0.4, -0.2) is 48.7 Å². The zero-order chi connectivity index (χ0) is 13.2. The van der Waals surface area contributed by atoms with Crippen molar-refractivity contribution in [2.45, 2.75) is 68.6 Å². The molecule has 3 aliphatic rings. The Labute approximate surface area is 115 Å². The molecular formula is C15H27NO3. The molecule has 2 heterocycles. The van der Waals surface area contributed by atoms with Gasteiger partial charge < -0.3 is 19.9 Å². The highest BCUT2D eigenvalue weighted by molar-refractivity contribution is 4.94. The summed E-state index contributed by atoms with van der Waals surface area (Å²) in [7, 11) is 0. The van der Waals surface area contributed by atoms with E-state index in [0.717, 1.165) is 58.5 Å². The molecular weight excluding hydrogens is 242 g/mol. The number of rotatable bonds is 3. The van der Waals surface area contributed by atoms with E-state index in [2.05, 4.69) is 5.32 Å². The topological polar surface area (TPSA) is 50.7 Å². The van der Waals surface area contributed by atoms with Gasteiger partial charge in [-0.15, -0.1) is 0 Å². The minimum Gasteiger partial charge on any atom is -0.389 e. The third-order valence-corrected chi connectivity index (χ3v) is 5.06. The second-order valence-corrected chi connectivity index (χ2v) is 6.69. The van der Waals surface area contributed by atoms with Gasteiger partial charge in [-0.3, -0.25) is 0 Å². The van der Waals surface area contributed by atoms with Crippen molar-refractivity contribution in [2.24, 2.45) is 0 Å². The maximum atomic E-state index is 10.5. The normalized spacial score (nSPS) is 38.7. The van der Waals surface area contributed by atoms with E-state index in [1.54, 1.807) is 0 Å². The molecule has 19 heavy (non-hydrogen) atoms. The van der Waals surface area contributed by atoms with Crippen LogP contribution in [0.3, 0.4) is 0 Å². The molecule has 0 aromatic rings. The number of hydrogen-bond donors (Lipinski definition) is 2. The fraction of sp³-hybridized carbons (Fsp3) is 1.00. The Morgan fingerprint density at radius 3 is 2.68 bits per heavy atom. The lowest BCUT2D eigenvalue weighted by atomic mass is 9.84. The summed E-state index contributed by atoms with van der Waals surface area (Å²) in [6.07, 6.45) is 8.64. The quantitative estimate of drug-likeness (QED) is 0.817. The van der Waals surface area contributed by atoms with Gasteiger partial charge in [0.05, 0.1) is 17.8 Å². The molecule has 3 rings (SSSR count). The Balaban J connectivity index is 1.49. The fourth-order valence-electron chi connectivity index (χ4n) is 3.79. The first kappa shape index (κ1) is 13.8. The molecule has 2 saturated heterocycles. The van der Waals surface area contributed by atoms with Crippen LogP contribution in [0.1, 0.15) is 51.4 Å². The summed E-state index contributed by atoms with van der Waals surface area (Å²) in [5, 5.41) is 14.1. The Kier molecular flexibility index (Phi) is 4.13. The molecule has 0 radical (unpaired) electrons. The largest absolute Gasteiger partial charge is 0.389 e. The molecule has 0 aromatic carbocycles. The number of hydrogen-bond acceptors (Lipinski definition) is 4. The van der Waals surface area contributed by atoms with Crippen LogP contribution in [0.15, 0.2) is 0 Å². The third kappa shape index (κ3) is 3.30. The Morgan fingerprint density at radius 1 is 1.11 bits per heavy atom. The molecule has 4 nitrogen and oxygen atoms in total. The van der Waals surface area contributed by atoms with Crippen LogP contribution in [0, 0.1) is 0 Å². The van der Waals surface area contributed by atoms with Gasteiger partial charge in [0, 0.05) is 32.2 Å². The maximum Gasteiger partial charge on any atom is 0.0951 e. The van der Waals surface area contributed by atoms with Crippen molar-refractivity contribution in [3.63, 3.8) is 0 Å². The summed E-state index contributed by atoms with van der Waals surface area (Å²) in [6, 6.07) is 0.474. The van der Waals surface area contributed by atoms with Gasteiger partial charge in [0.2, 0.25) is 0 Å². The first-order chi connectivity index (χ1) is 9.20. The van der Waals surface area contributed by atoms with Crippen molar-refractivity contribution in [1.82, 2.24) is 5.32 Å². The van der Waals surface area contributed by atoms with Gasteiger partial charge in [0.15, 0.2) is 0 Å². The lowest BCUT2D eigenvalue weighted by Crippen LogP contribution is -2.51. The predicted molar refractivity (Wildman–Crippen MR) is 73.2 cm³/mol. The maximum absolute atomic E-state index is 10.5. The van der Waals surface area contributed by atoms with E-state index >= 15 is 0 Å². The molecule has 1 spiro atoms. The van der Waals surface area contributed by atoms with Gasteiger partial charge in [-0.05, 0) is 25.7 Å². The summed E-state index contributed by atoms with van der Waals surface area (Å²) >= 11 is 0. The molecule has 2 atom stereocenters. The van der Waals surface area contributed by atoms with Crippen molar-refractivity contribution in [2.75, 3.05) is 26.4 Å². The minimum atomic E-state index is -0.462. The average molecular weight is 269 g/mol. The van der Waals surface area contributed by atoms with Crippen LogP contribution in [0.5, 0.6) is 0 Å². The highest BCUT2D eigenvalue weighted by Crippen LogP contribution is 2.33. The molecule has 110 valence electrons. The van der Waals surface area contributed by atoms with E-state index in [-0.39, 0.29) is 5.60 Å². The van der Waals surface area contributed by atoms with Gasteiger partial charge >= 0.3 is 0 Å². The monoisotopic (exact) mass is 269 g/mol. The van der Waals surface area contributed by atoms with E-state index in [4.69, 9.17) is 9.47 Å². The Hall–Kier alpha value is -0.160. The third-order valence-electron chi connectivity index (χ3n) is 5.06. The first-order valence-electron chi connectivity index (χ1n) is 7.87. The van der Waals surface area contributed by atoms with Gasteiger partial charge in [0.1, 0.15) is 0 Å². The highest BCUT2D eigenvalue weighted by atomic mass is 16.6. The fourth-order valence-corrected chi connectivity index (χ4v) is 3.79.